The highest BCUT2D eigenvalue weighted by Gasteiger charge is 2.37. The van der Waals surface area contributed by atoms with E-state index in [1.54, 1.807) is 11.1 Å². The van der Waals surface area contributed by atoms with Gasteiger partial charge >= 0.3 is 12.1 Å². The van der Waals surface area contributed by atoms with Crippen LogP contribution in [-0.4, -0.2) is 63.7 Å². The predicted octanol–water partition coefficient (Wildman–Crippen LogP) is 9.53. The van der Waals surface area contributed by atoms with Gasteiger partial charge in [0, 0.05) is 54.3 Å². The van der Waals surface area contributed by atoms with E-state index in [4.69, 9.17) is 4.74 Å². The molecule has 2 N–H and O–H groups in total. The summed E-state index contributed by atoms with van der Waals surface area (Å²) >= 11 is 1.25. The van der Waals surface area contributed by atoms with Gasteiger partial charge in [-0.3, -0.25) is 9.59 Å². The molecule has 1 unspecified atom stereocenters. The molecule has 8 nitrogen and oxygen atoms in total. The van der Waals surface area contributed by atoms with Crippen molar-refractivity contribution in [3.05, 3.63) is 143 Å². The van der Waals surface area contributed by atoms with Crippen LogP contribution in [-0.2, 0) is 20.9 Å². The predicted molar refractivity (Wildman–Crippen MR) is 217 cm³/mol. The molecule has 0 saturated heterocycles. The molecule has 4 aromatic carbocycles. The third-order valence-electron chi connectivity index (χ3n) is 9.97. The lowest BCUT2D eigenvalue weighted by atomic mass is 9.83. The molecule has 5 aromatic rings. The first kappa shape index (κ1) is 40.2. The van der Waals surface area contributed by atoms with E-state index < -0.39 is 35.2 Å². The summed E-state index contributed by atoms with van der Waals surface area (Å²) < 4.78 is 37.4. The summed E-state index contributed by atoms with van der Waals surface area (Å²) in [6.07, 6.45) is 1.56. The van der Waals surface area contributed by atoms with Crippen LogP contribution >= 0.6 is 11.8 Å². The fourth-order valence-corrected chi connectivity index (χ4v) is 8.30. The topological polar surface area (TPSA) is 101 Å². The molecule has 292 valence electrons. The lowest BCUT2D eigenvalue weighted by molar-refractivity contribution is -0.136. The number of carbonyl (C=O) groups is 3. The number of rotatable bonds is 16. The Labute approximate surface area is 330 Å². The summed E-state index contributed by atoms with van der Waals surface area (Å²) in [7, 11) is 0. The molecular formula is C45H47F2N3O5S. The minimum Gasteiger partial charge on any atom is -0.481 e. The summed E-state index contributed by atoms with van der Waals surface area (Å²) in [6.45, 7) is 7.14. The number of carboxylic acid groups (broad SMARTS) is 1. The lowest BCUT2D eigenvalue weighted by Crippen LogP contribution is -2.44. The lowest BCUT2D eigenvalue weighted by Gasteiger charge is -2.41. The molecule has 2 amide bonds. The van der Waals surface area contributed by atoms with Gasteiger partial charge in [0.25, 0.3) is 0 Å². The summed E-state index contributed by atoms with van der Waals surface area (Å²) in [4.78, 5) is 40.2. The normalized spacial score (nSPS) is 12.8. The first-order valence-corrected chi connectivity index (χ1v) is 19.9. The van der Waals surface area contributed by atoms with E-state index in [0.29, 0.717) is 18.5 Å². The highest BCUT2D eigenvalue weighted by Crippen LogP contribution is 2.45. The number of benzene rings is 4. The Morgan fingerprint density at radius 1 is 0.893 bits per heavy atom. The van der Waals surface area contributed by atoms with Crippen LogP contribution in [0, 0.1) is 17.0 Å². The zero-order valence-electron chi connectivity index (χ0n) is 31.8. The quantitative estimate of drug-likeness (QED) is 0.0969. The van der Waals surface area contributed by atoms with Crippen molar-refractivity contribution in [2.24, 2.45) is 5.41 Å². The highest BCUT2D eigenvalue weighted by atomic mass is 32.2. The van der Waals surface area contributed by atoms with Crippen LogP contribution in [0.2, 0.25) is 0 Å². The van der Waals surface area contributed by atoms with Gasteiger partial charge in [-0.2, -0.15) is 11.8 Å². The van der Waals surface area contributed by atoms with Crippen LogP contribution in [0.3, 0.4) is 0 Å². The Kier molecular flexibility index (Phi) is 13.0. The molecule has 0 bridgehead atoms. The van der Waals surface area contributed by atoms with Crippen LogP contribution in [0.4, 0.5) is 13.6 Å². The van der Waals surface area contributed by atoms with Crippen LogP contribution in [0.1, 0.15) is 68.0 Å². The van der Waals surface area contributed by atoms with Gasteiger partial charge in [0.15, 0.2) is 0 Å². The summed E-state index contributed by atoms with van der Waals surface area (Å²) in [5.41, 5.74) is 6.26. The number of carbonyl (C=O) groups excluding carboxylic acids is 2. The molecule has 0 fully saturated rings. The van der Waals surface area contributed by atoms with Crippen LogP contribution in [0.5, 0.6) is 0 Å². The number of hydrogen-bond acceptors (Lipinski definition) is 5. The monoisotopic (exact) mass is 779 g/mol. The van der Waals surface area contributed by atoms with Gasteiger partial charge in [0.2, 0.25) is 5.91 Å². The molecule has 1 atom stereocenters. The maximum absolute atomic E-state index is 15.2. The number of ether oxygens (including phenoxy) is 1. The average molecular weight is 780 g/mol. The SMILES string of the molecule is CC(C)(C)C(c1cc(-c2cc(F)ccc2F)cn1Cc1ccccc1)N(CCCNC(=O)OCC1c2ccccc2-c2ccccc21)C(=O)CSCCC(=O)O. The third-order valence-corrected chi connectivity index (χ3v) is 10.9. The van der Waals surface area contributed by atoms with Gasteiger partial charge < -0.3 is 24.6 Å². The van der Waals surface area contributed by atoms with E-state index in [0.717, 1.165) is 45.6 Å². The Bertz CT molecular complexity index is 2120. The van der Waals surface area contributed by atoms with Crippen molar-refractivity contribution in [1.29, 1.82) is 0 Å². The van der Waals surface area contributed by atoms with E-state index in [1.807, 2.05) is 86.0 Å². The Morgan fingerprint density at radius 3 is 2.21 bits per heavy atom. The largest absolute Gasteiger partial charge is 0.481 e. The second kappa shape index (κ2) is 18.0. The van der Waals surface area contributed by atoms with E-state index in [2.05, 4.69) is 29.6 Å². The number of nitrogens with one attached hydrogen (secondary N) is 1. The first-order chi connectivity index (χ1) is 26.9. The Morgan fingerprint density at radius 2 is 1.55 bits per heavy atom. The summed E-state index contributed by atoms with van der Waals surface area (Å²) in [5.74, 6) is -2.03. The number of nitrogens with zero attached hydrogens (tertiary/aromatic N) is 2. The number of amides is 2. The van der Waals surface area contributed by atoms with Crippen molar-refractivity contribution in [3.63, 3.8) is 0 Å². The molecule has 1 aliphatic rings. The van der Waals surface area contributed by atoms with Crippen molar-refractivity contribution in [1.82, 2.24) is 14.8 Å². The minimum absolute atomic E-state index is 0.0461. The van der Waals surface area contributed by atoms with Crippen molar-refractivity contribution >= 4 is 29.7 Å². The van der Waals surface area contributed by atoms with Gasteiger partial charge in [-0.15, -0.1) is 0 Å². The summed E-state index contributed by atoms with van der Waals surface area (Å²) in [5, 5.41) is 12.0. The Hall–Kier alpha value is -5.42. The van der Waals surface area contributed by atoms with E-state index in [-0.39, 0.29) is 55.0 Å². The van der Waals surface area contributed by atoms with Crippen LogP contribution in [0.15, 0.2) is 109 Å². The second-order valence-electron chi connectivity index (χ2n) is 15.0. The molecule has 56 heavy (non-hydrogen) atoms. The van der Waals surface area contributed by atoms with Gasteiger partial charge in [0.1, 0.15) is 18.2 Å². The fraction of sp³-hybridized carbons (Fsp3) is 0.311. The van der Waals surface area contributed by atoms with Gasteiger partial charge in [-0.05, 0) is 63.9 Å². The molecular weight excluding hydrogens is 733 g/mol. The number of aromatic nitrogens is 1. The molecule has 1 aliphatic carbocycles. The van der Waals surface area contributed by atoms with Crippen molar-refractivity contribution in [2.45, 2.75) is 52.1 Å². The smallest absolute Gasteiger partial charge is 0.407 e. The highest BCUT2D eigenvalue weighted by molar-refractivity contribution is 7.99. The van der Waals surface area contributed by atoms with Gasteiger partial charge in [-0.25, -0.2) is 13.6 Å². The molecule has 11 heteroatoms. The average Bonchev–Trinajstić information content (AvgIpc) is 3.72. The molecule has 0 radical (unpaired) electrons. The standard InChI is InChI=1S/C45H47F2N3O5S/c1-45(2,3)43(40-24-31(37-25-32(46)18-19-39(37)47)27-49(40)26-30-12-5-4-6-13-30)50(41(51)29-56-23-20-42(52)53)22-11-21-48-44(54)55-28-38-35-16-9-7-14-33(35)34-15-8-10-17-36(34)38/h4-10,12-19,24-25,27,38,43H,11,20-23,26,28-29H2,1-3H3,(H,48,54)(H,52,53). The zero-order valence-corrected chi connectivity index (χ0v) is 32.7. The maximum atomic E-state index is 15.2. The van der Waals surface area contributed by atoms with Crippen molar-refractivity contribution in [3.8, 4) is 22.3 Å². The number of alkyl carbamates (subject to hydrolysis) is 1. The van der Waals surface area contributed by atoms with Crippen molar-refractivity contribution in [2.75, 3.05) is 31.2 Å². The van der Waals surface area contributed by atoms with Gasteiger partial charge in [-0.1, -0.05) is 99.6 Å². The number of fused-ring (bicyclic) bond motifs is 3. The zero-order chi connectivity index (χ0) is 39.8. The van der Waals surface area contributed by atoms with Crippen LogP contribution < -0.4 is 5.32 Å². The third kappa shape index (κ3) is 9.68. The molecule has 6 rings (SSSR count). The molecule has 0 saturated carbocycles. The number of thioether (sulfide) groups is 1. The Balaban J connectivity index is 1.22. The van der Waals surface area contributed by atoms with E-state index >= 15 is 4.39 Å². The fourth-order valence-electron chi connectivity index (χ4n) is 7.50. The molecule has 0 spiro atoms. The number of aliphatic carboxylic acids is 1. The summed E-state index contributed by atoms with van der Waals surface area (Å²) in [6, 6.07) is 30.6. The number of carboxylic acids is 1. The second-order valence-corrected chi connectivity index (χ2v) is 16.2. The van der Waals surface area contributed by atoms with E-state index in [9.17, 15) is 23.9 Å². The van der Waals surface area contributed by atoms with Crippen LogP contribution in [0.25, 0.3) is 22.3 Å². The molecule has 1 aromatic heterocycles. The molecule has 0 aliphatic heterocycles. The number of halogens is 2. The van der Waals surface area contributed by atoms with Gasteiger partial charge in [0.05, 0.1) is 18.2 Å². The maximum Gasteiger partial charge on any atom is 0.407 e. The first-order valence-electron chi connectivity index (χ1n) is 18.8. The van der Waals surface area contributed by atoms with Crippen molar-refractivity contribution < 1.29 is 33.0 Å². The molecule has 1 heterocycles. The van der Waals surface area contributed by atoms with E-state index in [1.165, 1.54) is 17.8 Å². The number of hydrogen-bond donors (Lipinski definition) is 2. The minimum atomic E-state index is -0.940.